The number of carbonyl (C=O) groups is 4. The van der Waals surface area contributed by atoms with Crippen LogP contribution in [0, 0.1) is 0 Å². The van der Waals surface area contributed by atoms with Gasteiger partial charge in [0.15, 0.2) is 0 Å². The van der Waals surface area contributed by atoms with E-state index < -0.39 is 53.8 Å². The molecule has 0 aromatic heterocycles. The maximum atomic E-state index is 14.5. The van der Waals surface area contributed by atoms with Crippen molar-refractivity contribution in [2.75, 3.05) is 39.3 Å². The molecule has 4 aromatic rings. The van der Waals surface area contributed by atoms with Crippen LogP contribution in [0.15, 0.2) is 121 Å². The molecule has 0 bridgehead atoms. The minimum Gasteiger partial charge on any atom is -0.447 e. The SMILES string of the molecule is O=C(NCc1cccc(C(F)(F)F)c1)[C@H](CC(=O)N1CCN(CCc2ccccc2)CC1)N1C(=O)C(N2C(=O)OC[C@@H]2c2ccccc2)C1C=Cc1ccccc1. The zero-order chi connectivity index (χ0) is 39.9. The third kappa shape index (κ3) is 9.20. The molecule has 3 saturated heterocycles. The molecule has 296 valence electrons. The Labute approximate surface area is 329 Å². The van der Waals surface area contributed by atoms with Crippen molar-refractivity contribution >= 4 is 29.9 Å². The molecule has 1 N–H and O–H groups in total. The molecule has 0 radical (unpaired) electrons. The summed E-state index contributed by atoms with van der Waals surface area (Å²) in [6.07, 6.45) is -1.20. The number of hydrogen-bond acceptors (Lipinski definition) is 6. The van der Waals surface area contributed by atoms with Crippen LogP contribution < -0.4 is 5.32 Å². The number of ether oxygens (including phenoxy) is 1. The van der Waals surface area contributed by atoms with Gasteiger partial charge in [0.1, 0.15) is 18.7 Å². The average molecular weight is 780 g/mol. The monoisotopic (exact) mass is 779 g/mol. The van der Waals surface area contributed by atoms with Gasteiger partial charge >= 0.3 is 12.3 Å². The fourth-order valence-electron chi connectivity index (χ4n) is 7.73. The molecule has 7 rings (SSSR count). The zero-order valence-corrected chi connectivity index (χ0v) is 31.3. The predicted molar refractivity (Wildman–Crippen MR) is 207 cm³/mol. The van der Waals surface area contributed by atoms with Crippen LogP contribution in [0.1, 0.15) is 40.3 Å². The Morgan fingerprint density at radius 2 is 1.47 bits per heavy atom. The predicted octanol–water partition coefficient (Wildman–Crippen LogP) is 5.95. The first kappa shape index (κ1) is 39.3. The molecule has 0 spiro atoms. The van der Waals surface area contributed by atoms with Gasteiger partial charge in [0.05, 0.1) is 24.1 Å². The van der Waals surface area contributed by atoms with Gasteiger partial charge in [0.25, 0.3) is 0 Å². The highest BCUT2D eigenvalue weighted by Gasteiger charge is 2.58. The smallest absolute Gasteiger partial charge is 0.416 e. The van der Waals surface area contributed by atoms with E-state index in [1.807, 2.05) is 78.9 Å². The zero-order valence-electron chi connectivity index (χ0n) is 31.3. The standard InChI is InChI=1S/C44H44F3N5O5/c45-44(46,47)35-18-10-15-33(27-35)29-48-41(54)37(28-39(53)50-25-23-49(24-26-50)22-21-32-13-6-2-7-14-32)51-36(20-19-31-11-4-1-5-12-31)40(42(51)55)52-38(30-57-43(52)56)34-16-8-3-9-17-34/h1-20,27,36-38,40H,21-26,28-30H2,(H,48,54)/t36?,37-,38+,40?/m0/s1. The summed E-state index contributed by atoms with van der Waals surface area (Å²) in [4.78, 5) is 62.8. The molecule has 4 aromatic carbocycles. The van der Waals surface area contributed by atoms with Gasteiger partial charge in [-0.15, -0.1) is 0 Å². The molecule has 57 heavy (non-hydrogen) atoms. The van der Waals surface area contributed by atoms with Gasteiger partial charge in [-0.05, 0) is 40.8 Å². The van der Waals surface area contributed by atoms with Gasteiger partial charge in [-0.2, -0.15) is 13.2 Å². The fraction of sp³-hybridized carbons (Fsp3) is 0.318. The number of benzene rings is 4. The third-order valence-corrected chi connectivity index (χ3v) is 10.8. The number of halogens is 3. The number of piperazine rings is 1. The first-order chi connectivity index (χ1) is 27.6. The van der Waals surface area contributed by atoms with Gasteiger partial charge < -0.3 is 19.9 Å². The van der Waals surface area contributed by atoms with Crippen LogP contribution in [0.25, 0.3) is 6.08 Å². The second-order valence-corrected chi connectivity index (χ2v) is 14.5. The summed E-state index contributed by atoms with van der Waals surface area (Å²) < 4.78 is 46.0. The number of carbonyl (C=O) groups excluding carboxylic acids is 4. The van der Waals surface area contributed by atoms with Crippen molar-refractivity contribution < 1.29 is 37.1 Å². The molecular formula is C44H44F3N5O5. The molecule has 4 atom stereocenters. The molecule has 0 saturated carbocycles. The first-order valence-electron chi connectivity index (χ1n) is 19.1. The summed E-state index contributed by atoms with van der Waals surface area (Å²) in [5.74, 6) is -1.58. The third-order valence-electron chi connectivity index (χ3n) is 10.8. The Morgan fingerprint density at radius 1 is 0.825 bits per heavy atom. The summed E-state index contributed by atoms with van der Waals surface area (Å²) in [5.41, 5.74) is 2.15. The van der Waals surface area contributed by atoms with E-state index >= 15 is 0 Å². The van der Waals surface area contributed by atoms with Crippen LogP contribution in [0.4, 0.5) is 18.0 Å². The molecule has 0 aliphatic carbocycles. The Hall–Kier alpha value is -5.95. The molecule has 10 nitrogen and oxygen atoms in total. The lowest BCUT2D eigenvalue weighted by Gasteiger charge is -2.52. The highest BCUT2D eigenvalue weighted by molar-refractivity contribution is 5.99. The highest BCUT2D eigenvalue weighted by Crippen LogP contribution is 2.39. The summed E-state index contributed by atoms with van der Waals surface area (Å²) in [7, 11) is 0. The summed E-state index contributed by atoms with van der Waals surface area (Å²) in [6.45, 7) is 2.72. The molecule has 3 aliphatic rings. The second-order valence-electron chi connectivity index (χ2n) is 14.5. The van der Waals surface area contributed by atoms with Crippen molar-refractivity contribution in [2.45, 2.75) is 49.7 Å². The van der Waals surface area contributed by atoms with E-state index in [0.29, 0.717) is 26.2 Å². The molecular weight excluding hydrogens is 736 g/mol. The summed E-state index contributed by atoms with van der Waals surface area (Å²) in [6, 6.07) is 29.5. The number of alkyl halides is 3. The number of likely N-dealkylation sites (tertiary alicyclic amines) is 1. The van der Waals surface area contributed by atoms with Crippen molar-refractivity contribution in [1.82, 2.24) is 24.9 Å². The lowest BCUT2D eigenvalue weighted by molar-refractivity contribution is -0.164. The van der Waals surface area contributed by atoms with E-state index in [9.17, 15) is 32.3 Å². The molecule has 3 heterocycles. The lowest BCUT2D eigenvalue weighted by Crippen LogP contribution is -2.74. The molecule has 13 heteroatoms. The summed E-state index contributed by atoms with van der Waals surface area (Å²) >= 11 is 0. The lowest BCUT2D eigenvalue weighted by atomic mass is 9.87. The first-order valence-corrected chi connectivity index (χ1v) is 19.1. The average Bonchev–Trinajstić information content (AvgIpc) is 3.61. The van der Waals surface area contributed by atoms with Crippen molar-refractivity contribution in [3.63, 3.8) is 0 Å². The molecule has 3 fully saturated rings. The van der Waals surface area contributed by atoms with Crippen molar-refractivity contribution in [3.05, 3.63) is 149 Å². The number of rotatable bonds is 13. The number of nitrogens with one attached hydrogen (secondary N) is 1. The normalized spacial score (nSPS) is 20.7. The number of cyclic esters (lactones) is 1. The Kier molecular flexibility index (Phi) is 12.0. The minimum atomic E-state index is -4.58. The van der Waals surface area contributed by atoms with Crippen LogP contribution in [0.5, 0.6) is 0 Å². The van der Waals surface area contributed by atoms with Crippen molar-refractivity contribution in [1.29, 1.82) is 0 Å². The highest BCUT2D eigenvalue weighted by atomic mass is 19.4. The van der Waals surface area contributed by atoms with E-state index in [4.69, 9.17) is 4.74 Å². The second kappa shape index (κ2) is 17.5. The maximum Gasteiger partial charge on any atom is 0.416 e. The largest absolute Gasteiger partial charge is 0.447 e. The fourth-order valence-corrected chi connectivity index (χ4v) is 7.73. The number of amides is 4. The molecule has 3 aliphatic heterocycles. The summed E-state index contributed by atoms with van der Waals surface area (Å²) in [5, 5.41) is 2.71. The molecule has 2 unspecified atom stereocenters. The van der Waals surface area contributed by atoms with Crippen LogP contribution in [-0.2, 0) is 38.3 Å². The van der Waals surface area contributed by atoms with Crippen molar-refractivity contribution in [3.8, 4) is 0 Å². The number of hydrogen-bond donors (Lipinski definition) is 1. The Morgan fingerprint density at radius 3 is 2.16 bits per heavy atom. The minimum absolute atomic E-state index is 0.0263. The van der Waals surface area contributed by atoms with Gasteiger partial charge in [0, 0.05) is 39.3 Å². The van der Waals surface area contributed by atoms with Crippen LogP contribution in [-0.4, -0.2) is 101 Å². The Bertz CT molecular complexity index is 2060. The Balaban J connectivity index is 1.14. The van der Waals surface area contributed by atoms with Gasteiger partial charge in [0.2, 0.25) is 17.7 Å². The number of β-lactam (4-membered cyclic amide) rings is 1. The maximum absolute atomic E-state index is 14.5. The van der Waals surface area contributed by atoms with Crippen LogP contribution in [0.3, 0.4) is 0 Å². The van der Waals surface area contributed by atoms with Gasteiger partial charge in [-0.25, -0.2) is 4.79 Å². The van der Waals surface area contributed by atoms with Crippen molar-refractivity contribution in [2.24, 2.45) is 0 Å². The van der Waals surface area contributed by atoms with Crippen LogP contribution >= 0.6 is 0 Å². The van der Waals surface area contributed by atoms with Crippen LogP contribution in [0.2, 0.25) is 0 Å². The topological polar surface area (TPSA) is 103 Å². The van der Waals surface area contributed by atoms with E-state index in [2.05, 4.69) is 22.3 Å². The quantitative estimate of drug-likeness (QED) is 0.168. The number of nitrogens with zero attached hydrogens (tertiary/aromatic N) is 4. The van der Waals surface area contributed by atoms with Gasteiger partial charge in [-0.1, -0.05) is 115 Å². The van der Waals surface area contributed by atoms with E-state index in [-0.39, 0.29) is 31.0 Å². The van der Waals surface area contributed by atoms with E-state index in [0.717, 1.165) is 36.2 Å². The van der Waals surface area contributed by atoms with E-state index in [1.54, 1.807) is 17.1 Å². The molecule has 4 amide bonds. The van der Waals surface area contributed by atoms with E-state index in [1.165, 1.54) is 27.5 Å². The van der Waals surface area contributed by atoms with Gasteiger partial charge in [-0.3, -0.25) is 24.2 Å².